The molecule has 1 aromatic rings. The maximum Gasteiger partial charge on any atom is 0.268 e. The van der Waals surface area contributed by atoms with E-state index in [-0.39, 0.29) is 17.5 Å². The molecule has 1 saturated heterocycles. The van der Waals surface area contributed by atoms with E-state index >= 15 is 0 Å². The Morgan fingerprint density at radius 3 is 2.69 bits per heavy atom. The minimum absolute atomic E-state index is 0.0111. The third-order valence-electron chi connectivity index (χ3n) is 5.69. The number of nitrogens with one attached hydrogen (secondary N) is 1. The predicted molar refractivity (Wildman–Crippen MR) is 103 cm³/mol. The van der Waals surface area contributed by atoms with Crippen molar-refractivity contribution in [3.63, 3.8) is 0 Å². The van der Waals surface area contributed by atoms with Crippen molar-refractivity contribution < 1.29 is 4.79 Å². The van der Waals surface area contributed by atoms with Crippen molar-refractivity contribution in [3.8, 4) is 0 Å². The van der Waals surface area contributed by atoms with Crippen molar-refractivity contribution in [3.05, 3.63) is 22.6 Å². The lowest BCUT2D eigenvalue weighted by Crippen LogP contribution is -2.40. The summed E-state index contributed by atoms with van der Waals surface area (Å²) in [7, 11) is 0. The Balaban J connectivity index is 1.56. The maximum absolute atomic E-state index is 12.3. The standard InChI is InChI=1S/C20H32N4O2/c1-3-17(4-2)22-19(25)10-16-6-5-9-23(13-16)18-11-20(26)24(21-12-18)14-15-7-8-15/h11-12,15-17H,3-10,13-14H2,1-2H3,(H,22,25). The lowest BCUT2D eigenvalue weighted by atomic mass is 9.94. The zero-order chi connectivity index (χ0) is 18.5. The minimum Gasteiger partial charge on any atom is -0.370 e. The molecule has 144 valence electrons. The summed E-state index contributed by atoms with van der Waals surface area (Å²) in [5.74, 6) is 1.13. The molecule has 0 bridgehead atoms. The summed E-state index contributed by atoms with van der Waals surface area (Å²) >= 11 is 0. The largest absolute Gasteiger partial charge is 0.370 e. The average molecular weight is 361 g/mol. The highest BCUT2D eigenvalue weighted by Crippen LogP contribution is 2.30. The highest BCUT2D eigenvalue weighted by molar-refractivity contribution is 5.76. The quantitative estimate of drug-likeness (QED) is 0.774. The van der Waals surface area contributed by atoms with E-state index in [1.54, 1.807) is 10.7 Å². The Morgan fingerprint density at radius 2 is 2.04 bits per heavy atom. The lowest BCUT2D eigenvalue weighted by Gasteiger charge is -2.34. The number of piperidine rings is 1. The molecule has 1 aliphatic heterocycles. The van der Waals surface area contributed by atoms with Crippen LogP contribution < -0.4 is 15.8 Å². The Morgan fingerprint density at radius 1 is 1.27 bits per heavy atom. The summed E-state index contributed by atoms with van der Waals surface area (Å²) < 4.78 is 1.59. The van der Waals surface area contributed by atoms with Crippen LogP contribution in [0.1, 0.15) is 58.8 Å². The van der Waals surface area contributed by atoms with Gasteiger partial charge in [0.05, 0.1) is 11.9 Å². The molecule has 0 spiro atoms. The van der Waals surface area contributed by atoms with Gasteiger partial charge in [0.2, 0.25) is 5.91 Å². The van der Waals surface area contributed by atoms with Crippen LogP contribution in [0.5, 0.6) is 0 Å². The zero-order valence-corrected chi connectivity index (χ0v) is 16.1. The summed E-state index contributed by atoms with van der Waals surface area (Å²) in [5.41, 5.74) is 0.884. The van der Waals surface area contributed by atoms with Gasteiger partial charge in [-0.25, -0.2) is 4.68 Å². The molecule has 6 heteroatoms. The molecule has 2 fully saturated rings. The number of anilines is 1. The third-order valence-corrected chi connectivity index (χ3v) is 5.69. The van der Waals surface area contributed by atoms with Gasteiger partial charge in [-0.3, -0.25) is 9.59 Å². The first-order valence-electron chi connectivity index (χ1n) is 10.2. The first-order chi connectivity index (χ1) is 12.6. The fraction of sp³-hybridized carbons (Fsp3) is 0.750. The molecule has 0 radical (unpaired) electrons. The van der Waals surface area contributed by atoms with E-state index in [2.05, 4.69) is 29.2 Å². The Labute approximate surface area is 156 Å². The Bertz CT molecular complexity index is 664. The van der Waals surface area contributed by atoms with E-state index in [4.69, 9.17) is 0 Å². The first kappa shape index (κ1) is 18.9. The van der Waals surface area contributed by atoms with E-state index in [1.807, 2.05) is 6.20 Å². The van der Waals surface area contributed by atoms with Gasteiger partial charge in [0, 0.05) is 38.2 Å². The molecular formula is C20H32N4O2. The molecule has 2 aliphatic rings. The molecule has 6 nitrogen and oxygen atoms in total. The van der Waals surface area contributed by atoms with Crippen LogP contribution in [0, 0.1) is 11.8 Å². The summed E-state index contributed by atoms with van der Waals surface area (Å²) in [5, 5.41) is 7.50. The van der Waals surface area contributed by atoms with Crippen molar-refractivity contribution in [2.24, 2.45) is 11.8 Å². The molecule has 26 heavy (non-hydrogen) atoms. The van der Waals surface area contributed by atoms with Gasteiger partial charge in [-0.1, -0.05) is 13.8 Å². The molecule has 1 amide bonds. The monoisotopic (exact) mass is 360 g/mol. The fourth-order valence-electron chi connectivity index (χ4n) is 3.79. The highest BCUT2D eigenvalue weighted by Gasteiger charge is 2.25. The van der Waals surface area contributed by atoms with Crippen molar-refractivity contribution >= 4 is 11.6 Å². The van der Waals surface area contributed by atoms with E-state index in [1.165, 1.54) is 12.8 Å². The number of nitrogens with zero attached hydrogens (tertiary/aromatic N) is 3. The summed E-state index contributed by atoms with van der Waals surface area (Å²) in [6.07, 6.45) is 8.87. The van der Waals surface area contributed by atoms with Crippen LogP contribution in [0.3, 0.4) is 0 Å². The zero-order valence-electron chi connectivity index (χ0n) is 16.1. The highest BCUT2D eigenvalue weighted by atomic mass is 16.1. The van der Waals surface area contributed by atoms with Crippen LogP contribution in [-0.2, 0) is 11.3 Å². The van der Waals surface area contributed by atoms with Crippen LogP contribution in [0.2, 0.25) is 0 Å². The van der Waals surface area contributed by atoms with Crippen molar-refractivity contribution in [1.29, 1.82) is 0 Å². The van der Waals surface area contributed by atoms with Gasteiger partial charge in [0.25, 0.3) is 5.56 Å². The minimum atomic E-state index is -0.0111. The van der Waals surface area contributed by atoms with Crippen LogP contribution in [0.15, 0.2) is 17.1 Å². The van der Waals surface area contributed by atoms with Crippen LogP contribution in [-0.4, -0.2) is 34.8 Å². The van der Waals surface area contributed by atoms with Crippen molar-refractivity contribution in [2.75, 3.05) is 18.0 Å². The summed E-state index contributed by atoms with van der Waals surface area (Å²) in [4.78, 5) is 26.8. The number of carbonyl (C=O) groups is 1. The maximum atomic E-state index is 12.3. The number of hydrogen-bond donors (Lipinski definition) is 1. The number of carbonyl (C=O) groups excluding carboxylic acids is 1. The fourth-order valence-corrected chi connectivity index (χ4v) is 3.79. The van der Waals surface area contributed by atoms with E-state index in [0.717, 1.165) is 51.0 Å². The molecule has 1 aliphatic carbocycles. The first-order valence-corrected chi connectivity index (χ1v) is 10.2. The van der Waals surface area contributed by atoms with Crippen LogP contribution in [0.4, 0.5) is 5.69 Å². The molecule has 0 aromatic carbocycles. The summed E-state index contributed by atoms with van der Waals surface area (Å²) in [6, 6.07) is 1.99. The smallest absolute Gasteiger partial charge is 0.268 e. The van der Waals surface area contributed by atoms with Crippen LogP contribution >= 0.6 is 0 Å². The lowest BCUT2D eigenvalue weighted by molar-refractivity contribution is -0.122. The van der Waals surface area contributed by atoms with Gasteiger partial charge in [0.1, 0.15) is 0 Å². The summed E-state index contributed by atoms with van der Waals surface area (Å²) in [6.45, 7) is 6.71. The molecule has 1 saturated carbocycles. The van der Waals surface area contributed by atoms with Gasteiger partial charge in [-0.05, 0) is 50.4 Å². The average Bonchev–Trinajstić information content (AvgIpc) is 3.45. The Hall–Kier alpha value is -1.85. The van der Waals surface area contributed by atoms with Gasteiger partial charge in [-0.15, -0.1) is 0 Å². The van der Waals surface area contributed by atoms with E-state index < -0.39 is 0 Å². The molecule has 3 rings (SSSR count). The second-order valence-corrected chi connectivity index (χ2v) is 7.92. The number of hydrogen-bond acceptors (Lipinski definition) is 4. The van der Waals surface area contributed by atoms with Gasteiger partial charge in [0.15, 0.2) is 0 Å². The molecule has 1 unspecified atom stereocenters. The molecular weight excluding hydrogens is 328 g/mol. The number of rotatable bonds is 8. The second kappa shape index (κ2) is 8.69. The topological polar surface area (TPSA) is 67.2 Å². The molecule has 2 heterocycles. The Kier molecular flexibility index (Phi) is 6.33. The second-order valence-electron chi connectivity index (χ2n) is 7.92. The van der Waals surface area contributed by atoms with E-state index in [9.17, 15) is 9.59 Å². The van der Waals surface area contributed by atoms with Crippen LogP contribution in [0.25, 0.3) is 0 Å². The predicted octanol–water partition coefficient (Wildman–Crippen LogP) is 2.56. The van der Waals surface area contributed by atoms with Gasteiger partial charge < -0.3 is 10.2 Å². The van der Waals surface area contributed by atoms with Crippen molar-refractivity contribution in [2.45, 2.75) is 71.4 Å². The SMILES string of the molecule is CCC(CC)NC(=O)CC1CCCN(c2cnn(CC3CC3)c(=O)c2)C1. The molecule has 1 aromatic heterocycles. The van der Waals surface area contributed by atoms with E-state index in [0.29, 0.717) is 18.3 Å². The van der Waals surface area contributed by atoms with Gasteiger partial charge >= 0.3 is 0 Å². The molecule has 1 atom stereocenters. The number of aromatic nitrogens is 2. The normalized spacial score (nSPS) is 20.4. The van der Waals surface area contributed by atoms with Crippen molar-refractivity contribution in [1.82, 2.24) is 15.1 Å². The number of amides is 1. The van der Waals surface area contributed by atoms with Gasteiger partial charge in [-0.2, -0.15) is 5.10 Å². The third kappa shape index (κ3) is 5.08. The molecule has 1 N–H and O–H groups in total.